The summed E-state index contributed by atoms with van der Waals surface area (Å²) in [4.78, 5) is 2.45. The minimum Gasteiger partial charge on any atom is -0.375 e. The predicted octanol–water partition coefficient (Wildman–Crippen LogP) is 2.04. The Morgan fingerprint density at radius 2 is 2.15 bits per heavy atom. The molecule has 1 spiro atoms. The molecule has 2 heterocycles. The fourth-order valence-electron chi connectivity index (χ4n) is 2.67. The monoisotopic (exact) mass is 183 g/mol. The Morgan fingerprint density at radius 1 is 1.31 bits per heavy atom. The number of hydrogen-bond acceptors (Lipinski definition) is 2. The smallest absolute Gasteiger partial charge is 0.0709 e. The Bertz CT molecular complexity index is 175. The van der Waals surface area contributed by atoms with E-state index in [0.717, 1.165) is 6.61 Å². The summed E-state index contributed by atoms with van der Waals surface area (Å²) < 4.78 is 6.00. The number of rotatable bonds is 0. The van der Waals surface area contributed by atoms with Crippen molar-refractivity contribution >= 4 is 0 Å². The Balaban J connectivity index is 1.99. The number of ether oxygens (including phenoxy) is 1. The van der Waals surface area contributed by atoms with Crippen molar-refractivity contribution in [3.63, 3.8) is 0 Å². The van der Waals surface area contributed by atoms with Crippen molar-refractivity contribution in [2.24, 2.45) is 0 Å². The van der Waals surface area contributed by atoms with Gasteiger partial charge >= 0.3 is 0 Å². The number of hydrogen-bond donors (Lipinski definition) is 0. The van der Waals surface area contributed by atoms with Gasteiger partial charge in [-0.05, 0) is 46.1 Å². The van der Waals surface area contributed by atoms with Crippen molar-refractivity contribution in [1.29, 1.82) is 0 Å². The first kappa shape index (κ1) is 9.47. The third-order valence-electron chi connectivity index (χ3n) is 3.77. The van der Waals surface area contributed by atoms with Crippen molar-refractivity contribution < 1.29 is 4.74 Å². The van der Waals surface area contributed by atoms with Crippen LogP contribution in [0, 0.1) is 0 Å². The lowest BCUT2D eigenvalue weighted by molar-refractivity contribution is -0.119. The van der Waals surface area contributed by atoms with Gasteiger partial charge in [0.25, 0.3) is 0 Å². The van der Waals surface area contributed by atoms with E-state index in [1.165, 1.54) is 38.6 Å². The van der Waals surface area contributed by atoms with E-state index in [9.17, 15) is 0 Å². The topological polar surface area (TPSA) is 12.5 Å². The van der Waals surface area contributed by atoms with Gasteiger partial charge in [-0.3, -0.25) is 0 Å². The highest BCUT2D eigenvalue weighted by Crippen LogP contribution is 2.36. The Morgan fingerprint density at radius 3 is 2.77 bits per heavy atom. The summed E-state index contributed by atoms with van der Waals surface area (Å²) in [5.41, 5.74) is 0.268. The van der Waals surface area contributed by atoms with Crippen LogP contribution in [0.5, 0.6) is 0 Å². The first-order chi connectivity index (χ1) is 6.22. The number of nitrogens with zero attached hydrogens (tertiary/aromatic N) is 1. The van der Waals surface area contributed by atoms with Gasteiger partial charge < -0.3 is 9.64 Å². The SMILES string of the molecule is CC1CC2(CCCCO2)CCN1C. The second-order valence-electron chi connectivity index (χ2n) is 4.77. The summed E-state index contributed by atoms with van der Waals surface area (Å²) in [6.45, 7) is 4.52. The van der Waals surface area contributed by atoms with Gasteiger partial charge in [-0.25, -0.2) is 0 Å². The van der Waals surface area contributed by atoms with Crippen LogP contribution in [0.3, 0.4) is 0 Å². The molecule has 2 aliphatic rings. The molecule has 13 heavy (non-hydrogen) atoms. The normalized spacial score (nSPS) is 42.5. The lowest BCUT2D eigenvalue weighted by Gasteiger charge is -2.46. The predicted molar refractivity (Wildman–Crippen MR) is 53.9 cm³/mol. The van der Waals surface area contributed by atoms with Crippen LogP contribution in [0.4, 0.5) is 0 Å². The molecule has 2 fully saturated rings. The zero-order chi connectivity index (χ0) is 9.31. The van der Waals surface area contributed by atoms with Gasteiger partial charge in [0, 0.05) is 19.2 Å². The molecule has 0 aromatic rings. The van der Waals surface area contributed by atoms with Crippen molar-refractivity contribution in [2.45, 2.75) is 50.7 Å². The van der Waals surface area contributed by atoms with Crippen LogP contribution >= 0.6 is 0 Å². The van der Waals surface area contributed by atoms with Gasteiger partial charge in [0.1, 0.15) is 0 Å². The van der Waals surface area contributed by atoms with Crippen LogP contribution in [0.15, 0.2) is 0 Å². The number of likely N-dealkylation sites (tertiary alicyclic amines) is 1. The van der Waals surface area contributed by atoms with E-state index in [1.54, 1.807) is 0 Å². The lowest BCUT2D eigenvalue weighted by Crippen LogP contribution is -2.50. The molecule has 2 nitrogen and oxygen atoms in total. The molecule has 0 bridgehead atoms. The zero-order valence-corrected chi connectivity index (χ0v) is 8.88. The molecular formula is C11H21NO. The molecular weight excluding hydrogens is 162 g/mol. The molecule has 0 amide bonds. The van der Waals surface area contributed by atoms with Crippen LogP contribution in [-0.4, -0.2) is 36.7 Å². The van der Waals surface area contributed by atoms with E-state index < -0.39 is 0 Å². The highest BCUT2D eigenvalue weighted by molar-refractivity contribution is 4.92. The minimum absolute atomic E-state index is 0.268. The molecule has 0 aromatic heterocycles. The first-order valence-corrected chi connectivity index (χ1v) is 5.56. The summed E-state index contributed by atoms with van der Waals surface area (Å²) in [5.74, 6) is 0. The van der Waals surface area contributed by atoms with E-state index in [0.29, 0.717) is 6.04 Å². The van der Waals surface area contributed by atoms with Gasteiger partial charge in [-0.1, -0.05) is 0 Å². The second kappa shape index (κ2) is 3.58. The third-order valence-corrected chi connectivity index (χ3v) is 3.77. The maximum absolute atomic E-state index is 6.00. The Labute approximate surface area is 81.3 Å². The summed E-state index contributed by atoms with van der Waals surface area (Å²) >= 11 is 0. The molecule has 2 unspecified atom stereocenters. The summed E-state index contributed by atoms with van der Waals surface area (Å²) in [6, 6.07) is 0.701. The van der Waals surface area contributed by atoms with Crippen LogP contribution in [0.2, 0.25) is 0 Å². The Kier molecular flexibility index (Phi) is 2.61. The van der Waals surface area contributed by atoms with E-state index in [2.05, 4.69) is 18.9 Å². The Hall–Kier alpha value is -0.0800. The molecule has 2 aliphatic heterocycles. The molecule has 0 aliphatic carbocycles. The van der Waals surface area contributed by atoms with Crippen LogP contribution in [0.1, 0.15) is 39.0 Å². The van der Waals surface area contributed by atoms with Gasteiger partial charge in [0.05, 0.1) is 5.60 Å². The molecule has 76 valence electrons. The fraction of sp³-hybridized carbons (Fsp3) is 1.00. The minimum atomic E-state index is 0.268. The lowest BCUT2D eigenvalue weighted by atomic mass is 9.81. The second-order valence-corrected chi connectivity index (χ2v) is 4.77. The van der Waals surface area contributed by atoms with Crippen molar-refractivity contribution in [2.75, 3.05) is 20.2 Å². The van der Waals surface area contributed by atoms with Crippen LogP contribution in [0.25, 0.3) is 0 Å². The average Bonchev–Trinajstić information content (AvgIpc) is 2.14. The molecule has 2 rings (SSSR count). The van der Waals surface area contributed by atoms with Crippen molar-refractivity contribution in [3.8, 4) is 0 Å². The average molecular weight is 183 g/mol. The van der Waals surface area contributed by atoms with E-state index in [1.807, 2.05) is 0 Å². The summed E-state index contributed by atoms with van der Waals surface area (Å²) in [5, 5.41) is 0. The highest BCUT2D eigenvalue weighted by atomic mass is 16.5. The summed E-state index contributed by atoms with van der Waals surface area (Å²) in [6.07, 6.45) is 6.42. The van der Waals surface area contributed by atoms with Gasteiger partial charge in [-0.2, -0.15) is 0 Å². The molecule has 0 radical (unpaired) electrons. The third kappa shape index (κ3) is 1.89. The van der Waals surface area contributed by atoms with Crippen molar-refractivity contribution in [1.82, 2.24) is 4.90 Å². The number of piperidine rings is 1. The zero-order valence-electron chi connectivity index (χ0n) is 8.88. The van der Waals surface area contributed by atoms with E-state index in [4.69, 9.17) is 4.74 Å². The molecule has 0 N–H and O–H groups in total. The highest BCUT2D eigenvalue weighted by Gasteiger charge is 2.38. The van der Waals surface area contributed by atoms with Gasteiger partial charge in [-0.15, -0.1) is 0 Å². The largest absolute Gasteiger partial charge is 0.375 e. The first-order valence-electron chi connectivity index (χ1n) is 5.56. The molecule has 2 atom stereocenters. The van der Waals surface area contributed by atoms with Crippen LogP contribution in [-0.2, 0) is 4.74 Å². The van der Waals surface area contributed by atoms with Gasteiger partial charge in [0.15, 0.2) is 0 Å². The molecule has 2 heteroatoms. The maximum Gasteiger partial charge on any atom is 0.0709 e. The summed E-state index contributed by atoms with van der Waals surface area (Å²) in [7, 11) is 2.22. The quantitative estimate of drug-likeness (QED) is 0.570. The fourth-order valence-corrected chi connectivity index (χ4v) is 2.67. The van der Waals surface area contributed by atoms with E-state index in [-0.39, 0.29) is 5.60 Å². The molecule has 0 aromatic carbocycles. The standard InChI is InChI=1S/C11H21NO/c1-10-9-11(6-7-12(10)2)5-3-4-8-13-11/h10H,3-9H2,1-2H3. The maximum atomic E-state index is 6.00. The van der Waals surface area contributed by atoms with Crippen LogP contribution < -0.4 is 0 Å². The van der Waals surface area contributed by atoms with Crippen molar-refractivity contribution in [3.05, 3.63) is 0 Å². The molecule has 2 saturated heterocycles. The van der Waals surface area contributed by atoms with E-state index >= 15 is 0 Å². The molecule has 0 saturated carbocycles. The van der Waals surface area contributed by atoms with Gasteiger partial charge in [0.2, 0.25) is 0 Å².